The zero-order valence-corrected chi connectivity index (χ0v) is 18.7. The standard InChI is InChI=1S/C23H19ClN2OS2/c1-14-9-10-18(24)13-20(14)25-15(2)11-17(16(25)3)12-21-22(27)26(23(28)29-21)19-7-5-4-6-8-19/h4-13H,1-3H3/b21-12+. The number of hydrogen-bond donors (Lipinski definition) is 0. The number of nitrogens with zero attached hydrogens (tertiary/aromatic N) is 2. The van der Waals surface area contributed by atoms with Crippen LogP contribution in [-0.2, 0) is 4.79 Å². The van der Waals surface area contributed by atoms with Gasteiger partial charge in [0.25, 0.3) is 5.91 Å². The number of thiocarbonyl (C=S) groups is 1. The van der Waals surface area contributed by atoms with E-state index in [1.807, 2.05) is 54.6 Å². The van der Waals surface area contributed by atoms with Crippen molar-refractivity contribution in [2.75, 3.05) is 4.90 Å². The molecule has 0 unspecified atom stereocenters. The van der Waals surface area contributed by atoms with E-state index in [1.54, 1.807) is 4.90 Å². The van der Waals surface area contributed by atoms with Crippen molar-refractivity contribution >= 4 is 57.6 Å². The smallest absolute Gasteiger partial charge is 0.270 e. The Bertz CT molecular complexity index is 1170. The lowest BCUT2D eigenvalue weighted by molar-refractivity contribution is -0.113. The van der Waals surface area contributed by atoms with E-state index in [-0.39, 0.29) is 5.91 Å². The molecule has 146 valence electrons. The second kappa shape index (κ2) is 7.82. The van der Waals surface area contributed by atoms with Gasteiger partial charge in [0.15, 0.2) is 4.32 Å². The number of rotatable bonds is 3. The van der Waals surface area contributed by atoms with Gasteiger partial charge >= 0.3 is 0 Å². The minimum Gasteiger partial charge on any atom is -0.318 e. The predicted octanol–water partition coefficient (Wildman–Crippen LogP) is 6.46. The van der Waals surface area contributed by atoms with Crippen LogP contribution in [-0.4, -0.2) is 14.8 Å². The van der Waals surface area contributed by atoms with Gasteiger partial charge in [0.05, 0.1) is 10.6 Å². The van der Waals surface area contributed by atoms with E-state index < -0.39 is 0 Å². The van der Waals surface area contributed by atoms with E-state index >= 15 is 0 Å². The number of para-hydroxylation sites is 1. The summed E-state index contributed by atoms with van der Waals surface area (Å²) in [5.41, 5.74) is 6.10. The van der Waals surface area contributed by atoms with Crippen molar-refractivity contribution in [3.63, 3.8) is 0 Å². The number of halogens is 1. The van der Waals surface area contributed by atoms with Crippen LogP contribution >= 0.6 is 35.6 Å². The van der Waals surface area contributed by atoms with Crippen molar-refractivity contribution in [2.24, 2.45) is 0 Å². The van der Waals surface area contributed by atoms with E-state index in [4.69, 9.17) is 23.8 Å². The van der Waals surface area contributed by atoms with E-state index in [2.05, 4.69) is 31.4 Å². The van der Waals surface area contributed by atoms with Crippen LogP contribution in [0.25, 0.3) is 11.8 Å². The fraction of sp³-hybridized carbons (Fsp3) is 0.130. The molecule has 3 nitrogen and oxygen atoms in total. The first-order chi connectivity index (χ1) is 13.9. The molecule has 0 atom stereocenters. The van der Waals surface area contributed by atoms with Crippen molar-refractivity contribution in [3.05, 3.63) is 87.0 Å². The summed E-state index contributed by atoms with van der Waals surface area (Å²) in [4.78, 5) is 15.2. The van der Waals surface area contributed by atoms with Crippen LogP contribution in [0.3, 0.4) is 0 Å². The fourth-order valence-corrected chi connectivity index (χ4v) is 4.99. The Morgan fingerprint density at radius 3 is 2.48 bits per heavy atom. The summed E-state index contributed by atoms with van der Waals surface area (Å²) in [6.07, 6.45) is 1.93. The zero-order chi connectivity index (χ0) is 20.7. The molecule has 2 aromatic carbocycles. The van der Waals surface area contributed by atoms with Crippen LogP contribution in [0.4, 0.5) is 5.69 Å². The third kappa shape index (κ3) is 3.66. The lowest BCUT2D eigenvalue weighted by atomic mass is 10.2. The largest absolute Gasteiger partial charge is 0.318 e. The summed E-state index contributed by atoms with van der Waals surface area (Å²) in [6, 6.07) is 17.5. The average molecular weight is 439 g/mol. The highest BCUT2D eigenvalue weighted by molar-refractivity contribution is 8.27. The molecule has 0 N–H and O–H groups in total. The lowest BCUT2D eigenvalue weighted by Gasteiger charge is -2.14. The van der Waals surface area contributed by atoms with Gasteiger partial charge in [-0.1, -0.05) is 59.8 Å². The number of aryl methyl sites for hydroxylation is 2. The number of hydrogen-bond acceptors (Lipinski definition) is 3. The third-order valence-corrected chi connectivity index (χ3v) is 6.51. The molecule has 1 amide bonds. The molecule has 0 radical (unpaired) electrons. The average Bonchev–Trinajstić information content (AvgIpc) is 3.13. The maximum absolute atomic E-state index is 13.0. The van der Waals surface area contributed by atoms with Crippen LogP contribution < -0.4 is 4.90 Å². The molecule has 0 spiro atoms. The normalized spacial score (nSPS) is 15.6. The van der Waals surface area contributed by atoms with Crippen LogP contribution in [0.1, 0.15) is 22.5 Å². The van der Waals surface area contributed by atoms with E-state index in [0.717, 1.165) is 33.9 Å². The topological polar surface area (TPSA) is 25.2 Å². The Balaban J connectivity index is 1.74. The number of anilines is 1. The minimum atomic E-state index is -0.0880. The molecule has 4 rings (SSSR count). The van der Waals surface area contributed by atoms with E-state index in [1.165, 1.54) is 11.8 Å². The van der Waals surface area contributed by atoms with Gasteiger partial charge in [-0.3, -0.25) is 9.69 Å². The summed E-state index contributed by atoms with van der Waals surface area (Å²) >= 11 is 13.0. The second-order valence-corrected chi connectivity index (χ2v) is 9.06. The van der Waals surface area contributed by atoms with Crippen molar-refractivity contribution in [1.29, 1.82) is 0 Å². The summed E-state index contributed by atoms with van der Waals surface area (Å²) in [5, 5.41) is 0.698. The second-order valence-electron chi connectivity index (χ2n) is 6.95. The minimum absolute atomic E-state index is 0.0880. The summed E-state index contributed by atoms with van der Waals surface area (Å²) in [5.74, 6) is -0.0880. The summed E-state index contributed by atoms with van der Waals surface area (Å²) < 4.78 is 2.72. The first-order valence-corrected chi connectivity index (χ1v) is 10.8. The van der Waals surface area contributed by atoms with Crippen molar-refractivity contribution in [1.82, 2.24) is 4.57 Å². The highest BCUT2D eigenvalue weighted by Crippen LogP contribution is 2.37. The molecule has 0 saturated carbocycles. The summed E-state index contributed by atoms with van der Waals surface area (Å²) in [6.45, 7) is 6.17. The number of benzene rings is 2. The van der Waals surface area contributed by atoms with Gasteiger partial charge < -0.3 is 4.57 Å². The number of thioether (sulfide) groups is 1. The van der Waals surface area contributed by atoms with Crippen LogP contribution in [0.2, 0.25) is 5.02 Å². The van der Waals surface area contributed by atoms with Crippen LogP contribution in [0.15, 0.2) is 59.5 Å². The number of amides is 1. The molecular formula is C23H19ClN2OS2. The van der Waals surface area contributed by atoms with Gasteiger partial charge in [-0.05, 0) is 68.3 Å². The first kappa shape index (κ1) is 20.0. The zero-order valence-electron chi connectivity index (χ0n) is 16.3. The molecule has 0 bridgehead atoms. The predicted molar refractivity (Wildman–Crippen MR) is 127 cm³/mol. The molecule has 3 aromatic rings. The van der Waals surface area contributed by atoms with Crippen molar-refractivity contribution < 1.29 is 4.79 Å². The van der Waals surface area contributed by atoms with Gasteiger partial charge in [-0.25, -0.2) is 0 Å². The summed E-state index contributed by atoms with van der Waals surface area (Å²) in [7, 11) is 0. The maximum Gasteiger partial charge on any atom is 0.270 e. The quantitative estimate of drug-likeness (QED) is 0.346. The van der Waals surface area contributed by atoms with Gasteiger partial charge in [0, 0.05) is 22.1 Å². The highest BCUT2D eigenvalue weighted by atomic mass is 35.5. The Morgan fingerprint density at radius 2 is 1.76 bits per heavy atom. The SMILES string of the molecule is Cc1ccc(Cl)cc1-n1c(C)cc(/C=C2/SC(=S)N(c3ccccc3)C2=O)c1C. The monoisotopic (exact) mass is 438 g/mol. The lowest BCUT2D eigenvalue weighted by Crippen LogP contribution is -2.27. The molecule has 1 aromatic heterocycles. The highest BCUT2D eigenvalue weighted by Gasteiger charge is 2.33. The van der Waals surface area contributed by atoms with Crippen molar-refractivity contribution in [3.8, 4) is 5.69 Å². The van der Waals surface area contributed by atoms with Gasteiger partial charge in [0.1, 0.15) is 0 Å². The van der Waals surface area contributed by atoms with Crippen LogP contribution in [0.5, 0.6) is 0 Å². The molecule has 2 heterocycles. The Morgan fingerprint density at radius 1 is 1.03 bits per heavy atom. The van der Waals surface area contributed by atoms with E-state index in [0.29, 0.717) is 14.2 Å². The first-order valence-electron chi connectivity index (χ1n) is 9.15. The molecule has 1 aliphatic heterocycles. The van der Waals surface area contributed by atoms with Crippen molar-refractivity contribution in [2.45, 2.75) is 20.8 Å². The van der Waals surface area contributed by atoms with Gasteiger partial charge in [0.2, 0.25) is 0 Å². The molecule has 1 fully saturated rings. The Labute approximate surface area is 185 Å². The van der Waals surface area contributed by atoms with E-state index in [9.17, 15) is 4.79 Å². The number of carbonyl (C=O) groups is 1. The number of aromatic nitrogens is 1. The maximum atomic E-state index is 13.0. The molecule has 0 aliphatic carbocycles. The molecule has 29 heavy (non-hydrogen) atoms. The number of carbonyl (C=O) groups excluding carboxylic acids is 1. The molecular weight excluding hydrogens is 420 g/mol. The third-order valence-electron chi connectivity index (χ3n) is 4.98. The van der Waals surface area contributed by atoms with Gasteiger partial charge in [-0.2, -0.15) is 0 Å². The molecule has 6 heteroatoms. The van der Waals surface area contributed by atoms with Gasteiger partial charge in [-0.15, -0.1) is 0 Å². The van der Waals surface area contributed by atoms with Crippen LogP contribution in [0, 0.1) is 20.8 Å². The molecule has 1 aliphatic rings. The Kier molecular flexibility index (Phi) is 5.38. The Hall–Kier alpha value is -2.34. The fourth-order valence-electron chi connectivity index (χ4n) is 3.54. The molecule has 1 saturated heterocycles.